The average molecular weight is 356 g/mol. The lowest BCUT2D eigenvalue weighted by Gasteiger charge is -2.39. The number of nitrogens with zero attached hydrogens (tertiary/aromatic N) is 2. The molecule has 1 amide bonds. The maximum atomic E-state index is 12.7. The Morgan fingerprint density at radius 3 is 2.85 bits per heavy atom. The second-order valence-electron chi connectivity index (χ2n) is 8.24. The number of hydrogen-bond donors (Lipinski definition) is 0. The molecule has 1 aliphatic carbocycles. The van der Waals surface area contributed by atoms with E-state index < -0.39 is 0 Å². The number of para-hydroxylation sites is 1. The zero-order valence-electron chi connectivity index (χ0n) is 15.7. The van der Waals surface area contributed by atoms with Crippen LogP contribution in [-0.2, 0) is 11.3 Å². The minimum Gasteiger partial charge on any atom is -0.487 e. The number of carbonyl (C=O) groups is 1. The van der Waals surface area contributed by atoms with Crippen LogP contribution in [0.4, 0.5) is 4.79 Å². The highest BCUT2D eigenvalue weighted by molar-refractivity contribution is 5.64. The molecule has 0 fully saturated rings. The van der Waals surface area contributed by atoms with E-state index in [1.54, 1.807) is 0 Å². The Morgan fingerprint density at radius 2 is 1.96 bits per heavy atom. The zero-order chi connectivity index (χ0) is 18.2. The first-order chi connectivity index (χ1) is 12.5. The summed E-state index contributed by atoms with van der Waals surface area (Å²) in [4.78, 5) is 12.7. The Hall–Kier alpha value is -2.11. The number of likely N-dealkylation sites (N-methyl/N-ethyl adjacent to an activating group) is 2. The Kier molecular flexibility index (Phi) is 4.37. The minimum atomic E-state index is -0.131. The molecule has 2 heterocycles. The first-order valence-electron chi connectivity index (χ1n) is 9.47. The van der Waals surface area contributed by atoms with E-state index in [9.17, 15) is 4.79 Å². The Bertz CT molecular complexity index is 785. The molecule has 1 aromatic carbocycles. The molecule has 2 atom stereocenters. The molecular formula is C21H28N2O3+2. The van der Waals surface area contributed by atoms with Crippen LogP contribution in [0.15, 0.2) is 47.7 Å². The Labute approximate surface area is 155 Å². The quantitative estimate of drug-likeness (QED) is 0.780. The van der Waals surface area contributed by atoms with Gasteiger partial charge in [0.15, 0.2) is 0 Å². The minimum absolute atomic E-state index is 0.131. The van der Waals surface area contributed by atoms with E-state index in [1.807, 2.05) is 25.3 Å². The third-order valence-electron chi connectivity index (χ3n) is 5.96. The summed E-state index contributed by atoms with van der Waals surface area (Å²) in [6.07, 6.45) is 5.95. The van der Waals surface area contributed by atoms with E-state index in [2.05, 4.69) is 25.3 Å². The van der Waals surface area contributed by atoms with Gasteiger partial charge >= 0.3 is 6.09 Å². The smallest absolute Gasteiger partial charge is 0.487 e. The van der Waals surface area contributed by atoms with Gasteiger partial charge in [0.25, 0.3) is 0 Å². The van der Waals surface area contributed by atoms with E-state index in [0.717, 1.165) is 61.6 Å². The molecular weight excluding hydrogens is 328 g/mol. The topological polar surface area (TPSA) is 35.5 Å². The average Bonchev–Trinajstić information content (AvgIpc) is 2.80. The predicted octanol–water partition coefficient (Wildman–Crippen LogP) is 3.23. The molecule has 1 aromatic rings. The molecule has 0 saturated heterocycles. The third kappa shape index (κ3) is 3.29. The van der Waals surface area contributed by atoms with Gasteiger partial charge in [-0.3, -0.25) is 0 Å². The van der Waals surface area contributed by atoms with Crippen LogP contribution >= 0.6 is 0 Å². The van der Waals surface area contributed by atoms with Gasteiger partial charge in [-0.15, -0.1) is 0 Å². The zero-order valence-corrected chi connectivity index (χ0v) is 15.7. The van der Waals surface area contributed by atoms with Crippen LogP contribution in [0.25, 0.3) is 0 Å². The monoisotopic (exact) mass is 356 g/mol. The summed E-state index contributed by atoms with van der Waals surface area (Å²) in [5.74, 6) is 1.78. The number of rotatable bonds is 3. The summed E-state index contributed by atoms with van der Waals surface area (Å²) in [7, 11) is 4.28. The lowest BCUT2D eigenvalue weighted by molar-refractivity contribution is -0.947. The number of amides is 1. The lowest BCUT2D eigenvalue weighted by atomic mass is 10.0. The van der Waals surface area contributed by atoms with Crippen LogP contribution in [0.3, 0.4) is 0 Å². The third-order valence-corrected chi connectivity index (χ3v) is 5.96. The SMILES string of the molecule is C[N+]1(CC[N+]2(C)CC3=C(C=CCC3)OC2=O)CCOc2ccccc2C1. The molecule has 0 aromatic heterocycles. The van der Waals surface area contributed by atoms with Gasteiger partial charge in [-0.1, -0.05) is 18.2 Å². The van der Waals surface area contributed by atoms with Gasteiger partial charge < -0.3 is 14.0 Å². The van der Waals surface area contributed by atoms with E-state index in [0.29, 0.717) is 11.1 Å². The predicted molar refractivity (Wildman–Crippen MR) is 99.4 cm³/mol. The summed E-state index contributed by atoms with van der Waals surface area (Å²) in [6.45, 7) is 5.05. The number of carbonyl (C=O) groups excluding carboxylic acids is 1. The van der Waals surface area contributed by atoms with Gasteiger partial charge in [-0.05, 0) is 31.1 Å². The largest absolute Gasteiger partial charge is 0.521 e. The fourth-order valence-electron chi connectivity index (χ4n) is 4.11. The number of hydrogen-bond acceptors (Lipinski definition) is 3. The van der Waals surface area contributed by atoms with Crippen LogP contribution in [0.5, 0.6) is 5.75 Å². The molecule has 2 unspecified atom stereocenters. The normalized spacial score (nSPS) is 30.8. The van der Waals surface area contributed by atoms with E-state index in [1.165, 1.54) is 11.1 Å². The van der Waals surface area contributed by atoms with Crippen LogP contribution < -0.4 is 4.74 Å². The standard InChI is InChI=1S/C21H28N2O3/c1-22(13-14-25-19-9-5-3-7-17(19)15-22)11-12-23(2)16-18-8-4-6-10-20(18)26-21(23)24/h3,5-7,9-10H,4,8,11-16H2,1-2H3/q+2. The highest BCUT2D eigenvalue weighted by Gasteiger charge is 2.43. The van der Waals surface area contributed by atoms with E-state index >= 15 is 0 Å². The van der Waals surface area contributed by atoms with E-state index in [-0.39, 0.29) is 6.09 Å². The first kappa shape index (κ1) is 17.3. The maximum absolute atomic E-state index is 12.7. The van der Waals surface area contributed by atoms with Crippen molar-refractivity contribution in [2.45, 2.75) is 19.4 Å². The van der Waals surface area contributed by atoms with Crippen molar-refractivity contribution in [3.8, 4) is 5.75 Å². The molecule has 2 aliphatic heterocycles. The first-order valence-corrected chi connectivity index (χ1v) is 9.47. The van der Waals surface area contributed by atoms with Crippen molar-refractivity contribution in [3.05, 3.63) is 53.3 Å². The summed E-state index contributed by atoms with van der Waals surface area (Å²) >= 11 is 0. The van der Waals surface area contributed by atoms with Crippen molar-refractivity contribution in [2.24, 2.45) is 0 Å². The second kappa shape index (κ2) is 6.56. The number of allylic oxidation sites excluding steroid dienone is 2. The van der Waals surface area contributed by atoms with Gasteiger partial charge in [0.1, 0.15) is 50.8 Å². The van der Waals surface area contributed by atoms with Crippen LogP contribution in [0.2, 0.25) is 0 Å². The maximum Gasteiger partial charge on any atom is 0.521 e. The van der Waals surface area contributed by atoms with Crippen molar-refractivity contribution >= 4 is 6.09 Å². The van der Waals surface area contributed by atoms with Crippen molar-refractivity contribution in [1.82, 2.24) is 0 Å². The molecule has 5 heteroatoms. The van der Waals surface area contributed by atoms with Crippen molar-refractivity contribution in [2.75, 3.05) is 46.9 Å². The number of benzene rings is 1. The van der Waals surface area contributed by atoms with E-state index in [4.69, 9.17) is 9.47 Å². The number of quaternary nitrogens is 2. The fourth-order valence-corrected chi connectivity index (χ4v) is 4.11. The van der Waals surface area contributed by atoms with Crippen molar-refractivity contribution < 1.29 is 23.2 Å². The van der Waals surface area contributed by atoms with Crippen LogP contribution in [-0.4, -0.2) is 61.9 Å². The summed E-state index contributed by atoms with van der Waals surface area (Å²) in [5, 5.41) is 0. The van der Waals surface area contributed by atoms with Gasteiger partial charge in [0.2, 0.25) is 0 Å². The van der Waals surface area contributed by atoms with Crippen molar-refractivity contribution in [3.63, 3.8) is 0 Å². The molecule has 4 rings (SSSR count). The van der Waals surface area contributed by atoms with Gasteiger partial charge in [-0.25, -0.2) is 4.48 Å². The fraction of sp³-hybridized carbons (Fsp3) is 0.476. The summed E-state index contributed by atoms with van der Waals surface area (Å²) in [5.41, 5.74) is 2.53. The molecule has 0 bridgehead atoms. The van der Waals surface area contributed by atoms with Gasteiger partial charge in [0.05, 0.1) is 14.1 Å². The highest BCUT2D eigenvalue weighted by atomic mass is 16.6. The molecule has 26 heavy (non-hydrogen) atoms. The Morgan fingerprint density at radius 1 is 1.12 bits per heavy atom. The molecule has 5 nitrogen and oxygen atoms in total. The molecule has 0 saturated carbocycles. The van der Waals surface area contributed by atoms with Crippen LogP contribution in [0.1, 0.15) is 18.4 Å². The second-order valence-corrected chi connectivity index (χ2v) is 8.24. The van der Waals surface area contributed by atoms with Crippen LogP contribution in [0, 0.1) is 0 Å². The van der Waals surface area contributed by atoms with Crippen molar-refractivity contribution in [1.29, 1.82) is 0 Å². The summed E-state index contributed by atoms with van der Waals surface area (Å²) in [6, 6.07) is 8.28. The molecule has 0 radical (unpaired) electrons. The molecule has 0 N–H and O–H groups in total. The number of fused-ring (bicyclic) bond motifs is 1. The summed E-state index contributed by atoms with van der Waals surface area (Å²) < 4.78 is 12.8. The lowest BCUT2D eigenvalue weighted by Crippen LogP contribution is -2.59. The highest BCUT2D eigenvalue weighted by Crippen LogP contribution is 2.30. The molecule has 3 aliphatic rings. The number of ether oxygens (including phenoxy) is 2. The molecule has 138 valence electrons. The molecule has 0 spiro atoms. The Balaban J connectivity index is 1.48. The van der Waals surface area contributed by atoms with Gasteiger partial charge in [-0.2, -0.15) is 4.79 Å². The van der Waals surface area contributed by atoms with Gasteiger partial charge in [0, 0.05) is 11.1 Å².